The fourth-order valence-electron chi connectivity index (χ4n) is 2.00. The van der Waals surface area contributed by atoms with Crippen molar-refractivity contribution in [2.45, 2.75) is 0 Å². The highest BCUT2D eigenvalue weighted by Gasteiger charge is 2.14. The van der Waals surface area contributed by atoms with Crippen molar-refractivity contribution in [2.75, 3.05) is 6.54 Å². The zero-order chi connectivity index (χ0) is 11.0. The van der Waals surface area contributed by atoms with Crippen LogP contribution in [0.4, 0.5) is 0 Å². The Labute approximate surface area is 92.8 Å². The van der Waals surface area contributed by atoms with Crippen LogP contribution >= 0.6 is 0 Å². The lowest BCUT2D eigenvalue weighted by Crippen LogP contribution is -2.14. The van der Waals surface area contributed by atoms with Crippen molar-refractivity contribution in [1.82, 2.24) is 10.3 Å². The van der Waals surface area contributed by atoms with Gasteiger partial charge in [0.2, 0.25) is 5.91 Å². The van der Waals surface area contributed by atoms with Gasteiger partial charge in [0.1, 0.15) is 0 Å². The monoisotopic (exact) mass is 210 g/mol. The summed E-state index contributed by atoms with van der Waals surface area (Å²) in [7, 11) is 0. The van der Waals surface area contributed by atoms with Gasteiger partial charge >= 0.3 is 0 Å². The number of carbonyl (C=O) groups is 1. The minimum absolute atomic E-state index is 0.0177. The molecule has 1 aromatic heterocycles. The standard InChI is InChI=1S/C13H10N2O/c16-13-7-9(8-15-13)10-3-1-5-12-11(10)4-2-6-14-12/h1-7H,8H2,(H,15,16). The summed E-state index contributed by atoms with van der Waals surface area (Å²) in [6.45, 7) is 0.604. The molecule has 16 heavy (non-hydrogen) atoms. The Balaban J connectivity index is 2.24. The predicted octanol–water partition coefficient (Wildman–Crippen LogP) is 1.75. The first kappa shape index (κ1) is 9.09. The van der Waals surface area contributed by atoms with E-state index in [2.05, 4.69) is 10.3 Å². The summed E-state index contributed by atoms with van der Waals surface area (Å²) in [6.07, 6.45) is 3.43. The first-order valence-corrected chi connectivity index (χ1v) is 5.17. The van der Waals surface area contributed by atoms with E-state index in [1.165, 1.54) is 0 Å². The maximum absolute atomic E-state index is 11.2. The number of carbonyl (C=O) groups excluding carboxylic acids is 1. The number of hydrogen-bond acceptors (Lipinski definition) is 2. The molecule has 1 N–H and O–H groups in total. The highest BCUT2D eigenvalue weighted by Crippen LogP contribution is 2.24. The Morgan fingerprint density at radius 3 is 2.94 bits per heavy atom. The quantitative estimate of drug-likeness (QED) is 0.779. The van der Waals surface area contributed by atoms with E-state index in [0.717, 1.165) is 22.0 Å². The summed E-state index contributed by atoms with van der Waals surface area (Å²) in [4.78, 5) is 15.5. The molecule has 0 atom stereocenters. The maximum Gasteiger partial charge on any atom is 0.244 e. The van der Waals surface area contributed by atoms with Crippen LogP contribution in [0.15, 0.2) is 42.6 Å². The van der Waals surface area contributed by atoms with Crippen molar-refractivity contribution < 1.29 is 4.79 Å². The van der Waals surface area contributed by atoms with Crippen LogP contribution in [0.3, 0.4) is 0 Å². The molecule has 0 bridgehead atoms. The Morgan fingerprint density at radius 2 is 2.12 bits per heavy atom. The van der Waals surface area contributed by atoms with Gasteiger partial charge in [-0.1, -0.05) is 18.2 Å². The van der Waals surface area contributed by atoms with Gasteiger partial charge in [-0.2, -0.15) is 0 Å². The molecule has 1 amide bonds. The van der Waals surface area contributed by atoms with Crippen LogP contribution in [0.25, 0.3) is 16.5 Å². The number of nitrogens with zero attached hydrogens (tertiary/aromatic N) is 1. The van der Waals surface area contributed by atoms with Crippen molar-refractivity contribution >= 4 is 22.4 Å². The van der Waals surface area contributed by atoms with Gasteiger partial charge in [-0.15, -0.1) is 0 Å². The smallest absolute Gasteiger partial charge is 0.244 e. The number of hydrogen-bond donors (Lipinski definition) is 1. The average molecular weight is 210 g/mol. The number of benzene rings is 1. The summed E-state index contributed by atoms with van der Waals surface area (Å²) in [5, 5.41) is 3.87. The number of nitrogens with one attached hydrogen (secondary N) is 1. The van der Waals surface area contributed by atoms with Crippen molar-refractivity contribution in [3.63, 3.8) is 0 Å². The fourth-order valence-corrected chi connectivity index (χ4v) is 2.00. The Kier molecular flexibility index (Phi) is 1.96. The van der Waals surface area contributed by atoms with E-state index in [1.807, 2.05) is 30.3 Å². The summed E-state index contributed by atoms with van der Waals surface area (Å²) >= 11 is 0. The van der Waals surface area contributed by atoms with Gasteiger partial charge in [0, 0.05) is 24.2 Å². The minimum atomic E-state index is -0.0177. The summed E-state index contributed by atoms with van der Waals surface area (Å²) in [6, 6.07) is 9.91. The molecule has 3 heteroatoms. The van der Waals surface area contributed by atoms with Crippen LogP contribution in [-0.4, -0.2) is 17.4 Å². The maximum atomic E-state index is 11.2. The molecular weight excluding hydrogens is 200 g/mol. The van der Waals surface area contributed by atoms with Crippen LogP contribution in [-0.2, 0) is 4.79 Å². The second-order valence-electron chi connectivity index (χ2n) is 3.76. The predicted molar refractivity (Wildman–Crippen MR) is 62.7 cm³/mol. The third-order valence-corrected chi connectivity index (χ3v) is 2.75. The highest BCUT2D eigenvalue weighted by molar-refractivity contribution is 6.04. The van der Waals surface area contributed by atoms with Crippen molar-refractivity contribution in [2.24, 2.45) is 0 Å². The van der Waals surface area contributed by atoms with Gasteiger partial charge in [0.15, 0.2) is 0 Å². The molecule has 78 valence electrons. The van der Waals surface area contributed by atoms with E-state index < -0.39 is 0 Å². The molecule has 1 aromatic carbocycles. The van der Waals surface area contributed by atoms with Gasteiger partial charge in [0.05, 0.1) is 5.52 Å². The largest absolute Gasteiger partial charge is 0.348 e. The van der Waals surface area contributed by atoms with E-state index in [9.17, 15) is 4.79 Å². The van der Waals surface area contributed by atoms with E-state index in [0.29, 0.717) is 6.54 Å². The zero-order valence-corrected chi connectivity index (χ0v) is 8.60. The molecule has 0 aliphatic carbocycles. The number of amides is 1. The lowest BCUT2D eigenvalue weighted by atomic mass is 10.0. The first-order valence-electron chi connectivity index (χ1n) is 5.17. The molecule has 1 aliphatic rings. The van der Waals surface area contributed by atoms with Crippen LogP contribution in [0, 0.1) is 0 Å². The zero-order valence-electron chi connectivity index (χ0n) is 8.60. The number of rotatable bonds is 1. The average Bonchev–Trinajstić information content (AvgIpc) is 2.75. The molecule has 0 saturated heterocycles. The molecule has 0 spiro atoms. The number of fused-ring (bicyclic) bond motifs is 1. The van der Waals surface area contributed by atoms with Gasteiger partial charge in [-0.3, -0.25) is 9.78 Å². The van der Waals surface area contributed by atoms with Gasteiger partial charge in [-0.05, 0) is 23.3 Å². The van der Waals surface area contributed by atoms with E-state index in [-0.39, 0.29) is 5.91 Å². The lowest BCUT2D eigenvalue weighted by Gasteiger charge is -2.05. The molecule has 0 unspecified atom stereocenters. The van der Waals surface area contributed by atoms with Crippen molar-refractivity contribution in [3.05, 3.63) is 48.2 Å². The summed E-state index contributed by atoms with van der Waals surface area (Å²) < 4.78 is 0. The van der Waals surface area contributed by atoms with Gasteiger partial charge in [-0.25, -0.2) is 0 Å². The Hall–Kier alpha value is -2.16. The SMILES string of the molecule is O=C1C=C(c2cccc3ncccc23)CN1. The van der Waals surface area contributed by atoms with Gasteiger partial charge < -0.3 is 5.32 Å². The molecule has 3 rings (SSSR count). The third kappa shape index (κ3) is 1.37. The first-order chi connectivity index (χ1) is 7.84. The molecule has 3 nitrogen and oxygen atoms in total. The second kappa shape index (κ2) is 3.45. The number of aromatic nitrogens is 1. The van der Waals surface area contributed by atoms with Crippen molar-refractivity contribution in [1.29, 1.82) is 0 Å². The number of pyridine rings is 1. The second-order valence-corrected chi connectivity index (χ2v) is 3.76. The van der Waals surface area contributed by atoms with E-state index in [1.54, 1.807) is 12.3 Å². The topological polar surface area (TPSA) is 42.0 Å². The van der Waals surface area contributed by atoms with Crippen LogP contribution in [0.1, 0.15) is 5.56 Å². The molecule has 1 aliphatic heterocycles. The molecule has 0 radical (unpaired) electrons. The molecule has 0 saturated carbocycles. The Morgan fingerprint density at radius 1 is 1.19 bits per heavy atom. The molecule has 2 aromatic rings. The van der Waals surface area contributed by atoms with E-state index >= 15 is 0 Å². The fraction of sp³-hybridized carbons (Fsp3) is 0.0769. The Bertz CT molecular complexity index is 596. The van der Waals surface area contributed by atoms with Crippen molar-refractivity contribution in [3.8, 4) is 0 Å². The lowest BCUT2D eigenvalue weighted by molar-refractivity contribution is -0.115. The van der Waals surface area contributed by atoms with Crippen LogP contribution < -0.4 is 5.32 Å². The normalized spacial score (nSPS) is 15.0. The summed E-state index contributed by atoms with van der Waals surface area (Å²) in [5.41, 5.74) is 3.08. The third-order valence-electron chi connectivity index (χ3n) is 2.75. The molecule has 0 fully saturated rings. The summed E-state index contributed by atoms with van der Waals surface area (Å²) in [5.74, 6) is -0.0177. The van der Waals surface area contributed by atoms with Crippen LogP contribution in [0.2, 0.25) is 0 Å². The van der Waals surface area contributed by atoms with Crippen LogP contribution in [0.5, 0.6) is 0 Å². The highest BCUT2D eigenvalue weighted by atomic mass is 16.1. The van der Waals surface area contributed by atoms with Gasteiger partial charge in [0.25, 0.3) is 0 Å². The van der Waals surface area contributed by atoms with E-state index in [4.69, 9.17) is 0 Å². The molecule has 2 heterocycles. The molecular formula is C13H10N2O. The minimum Gasteiger partial charge on any atom is -0.348 e.